The van der Waals surface area contributed by atoms with Gasteiger partial charge in [0.05, 0.1) is 5.56 Å². The van der Waals surface area contributed by atoms with Gasteiger partial charge in [0, 0.05) is 10.2 Å². The fraction of sp³-hybridized carbons (Fsp3) is 0.125. The number of aryl methyl sites for hydroxylation is 1. The van der Waals surface area contributed by atoms with E-state index in [1.807, 2.05) is 0 Å². The highest BCUT2D eigenvalue weighted by Gasteiger charge is 2.07. The standard InChI is InChI=1S/C8H8BrNO2/c1-4-2-5(8(11)12)3-6(10)7(4)9/h2-3H,10H2,1H3,(H,11,12). The van der Waals surface area contributed by atoms with Gasteiger partial charge in [-0.2, -0.15) is 0 Å². The third-order valence-corrected chi connectivity index (χ3v) is 2.61. The van der Waals surface area contributed by atoms with E-state index in [-0.39, 0.29) is 5.56 Å². The molecule has 0 spiro atoms. The summed E-state index contributed by atoms with van der Waals surface area (Å²) >= 11 is 3.24. The summed E-state index contributed by atoms with van der Waals surface area (Å²) in [6.07, 6.45) is 0. The number of hydrogen-bond acceptors (Lipinski definition) is 2. The SMILES string of the molecule is Cc1cc(C(=O)O)cc(N)c1Br. The maximum absolute atomic E-state index is 10.5. The molecule has 0 unspecified atom stereocenters. The zero-order valence-corrected chi connectivity index (χ0v) is 8.05. The molecule has 12 heavy (non-hydrogen) atoms. The van der Waals surface area contributed by atoms with Gasteiger partial charge in [-0.1, -0.05) is 0 Å². The molecule has 0 fully saturated rings. The number of benzene rings is 1. The van der Waals surface area contributed by atoms with E-state index in [1.165, 1.54) is 6.07 Å². The smallest absolute Gasteiger partial charge is 0.335 e. The molecule has 1 aromatic carbocycles. The van der Waals surface area contributed by atoms with Crippen LogP contribution in [0.3, 0.4) is 0 Å². The van der Waals surface area contributed by atoms with E-state index in [1.54, 1.807) is 13.0 Å². The Balaban J connectivity index is 3.31. The fourth-order valence-corrected chi connectivity index (χ4v) is 1.15. The Morgan fingerprint density at radius 3 is 2.58 bits per heavy atom. The molecule has 1 rings (SSSR count). The minimum atomic E-state index is -0.961. The van der Waals surface area contributed by atoms with Gasteiger partial charge in [-0.05, 0) is 40.5 Å². The summed E-state index contributed by atoms with van der Waals surface area (Å²) in [6.45, 7) is 1.80. The molecule has 0 aliphatic heterocycles. The largest absolute Gasteiger partial charge is 0.478 e. The van der Waals surface area contributed by atoms with Gasteiger partial charge in [0.15, 0.2) is 0 Å². The Hall–Kier alpha value is -1.03. The number of anilines is 1. The van der Waals surface area contributed by atoms with Crippen LogP contribution >= 0.6 is 15.9 Å². The first-order chi connectivity index (χ1) is 5.52. The van der Waals surface area contributed by atoms with Crippen molar-refractivity contribution in [3.05, 3.63) is 27.7 Å². The predicted molar refractivity (Wildman–Crippen MR) is 50.3 cm³/mol. The van der Waals surface area contributed by atoms with Crippen molar-refractivity contribution in [1.82, 2.24) is 0 Å². The highest BCUT2D eigenvalue weighted by Crippen LogP contribution is 2.24. The van der Waals surface area contributed by atoms with Crippen LogP contribution in [-0.2, 0) is 0 Å². The molecule has 64 valence electrons. The number of rotatable bonds is 1. The van der Waals surface area contributed by atoms with Gasteiger partial charge >= 0.3 is 5.97 Å². The molecule has 0 aliphatic carbocycles. The van der Waals surface area contributed by atoms with Crippen LogP contribution in [0.1, 0.15) is 15.9 Å². The van der Waals surface area contributed by atoms with Crippen LogP contribution in [0.5, 0.6) is 0 Å². The molecule has 4 heteroatoms. The van der Waals surface area contributed by atoms with E-state index in [0.29, 0.717) is 5.69 Å². The lowest BCUT2D eigenvalue weighted by atomic mass is 10.1. The van der Waals surface area contributed by atoms with Crippen LogP contribution in [0.4, 0.5) is 5.69 Å². The first-order valence-electron chi connectivity index (χ1n) is 3.31. The molecule has 1 aromatic rings. The van der Waals surface area contributed by atoms with Gasteiger partial charge in [-0.25, -0.2) is 4.79 Å². The molecule has 3 N–H and O–H groups in total. The Labute approximate surface area is 78.3 Å². The van der Waals surface area contributed by atoms with Crippen molar-refractivity contribution in [2.24, 2.45) is 0 Å². The number of carbonyl (C=O) groups is 1. The highest BCUT2D eigenvalue weighted by atomic mass is 79.9. The summed E-state index contributed by atoms with van der Waals surface area (Å²) in [5, 5.41) is 8.65. The van der Waals surface area contributed by atoms with Crippen LogP contribution in [0, 0.1) is 6.92 Å². The van der Waals surface area contributed by atoms with Crippen molar-refractivity contribution < 1.29 is 9.90 Å². The average Bonchev–Trinajstić information content (AvgIpc) is 1.99. The van der Waals surface area contributed by atoms with E-state index < -0.39 is 5.97 Å². The molecule has 0 amide bonds. The summed E-state index contributed by atoms with van der Waals surface area (Å²) in [7, 11) is 0. The summed E-state index contributed by atoms with van der Waals surface area (Å²) in [4.78, 5) is 10.5. The Morgan fingerprint density at radius 1 is 1.58 bits per heavy atom. The van der Waals surface area contributed by atoms with Crippen LogP contribution in [0.25, 0.3) is 0 Å². The highest BCUT2D eigenvalue weighted by molar-refractivity contribution is 9.10. The maximum atomic E-state index is 10.5. The van der Waals surface area contributed by atoms with Crippen molar-refractivity contribution in [2.45, 2.75) is 6.92 Å². The van der Waals surface area contributed by atoms with Crippen LogP contribution in [0.2, 0.25) is 0 Å². The minimum absolute atomic E-state index is 0.216. The normalized spacial score (nSPS) is 9.83. The average molecular weight is 230 g/mol. The Morgan fingerprint density at radius 2 is 2.17 bits per heavy atom. The second-order valence-corrected chi connectivity index (χ2v) is 3.29. The van der Waals surface area contributed by atoms with Gasteiger partial charge in [0.25, 0.3) is 0 Å². The van der Waals surface area contributed by atoms with E-state index in [2.05, 4.69) is 15.9 Å². The Kier molecular flexibility index (Phi) is 2.38. The molecule has 0 saturated carbocycles. The summed E-state index contributed by atoms with van der Waals surface area (Å²) < 4.78 is 0.757. The Bertz CT molecular complexity index is 313. The predicted octanol–water partition coefficient (Wildman–Crippen LogP) is 2.04. The molecular weight excluding hydrogens is 222 g/mol. The molecule has 0 atom stereocenters. The van der Waals surface area contributed by atoms with Gasteiger partial charge in [0.2, 0.25) is 0 Å². The van der Waals surface area contributed by atoms with E-state index in [0.717, 1.165) is 10.0 Å². The monoisotopic (exact) mass is 229 g/mol. The van der Waals surface area contributed by atoms with E-state index in [9.17, 15) is 4.79 Å². The number of carboxylic acid groups (broad SMARTS) is 1. The van der Waals surface area contributed by atoms with Crippen molar-refractivity contribution >= 4 is 27.6 Å². The third-order valence-electron chi connectivity index (χ3n) is 1.53. The number of nitrogen functional groups attached to an aromatic ring is 1. The lowest BCUT2D eigenvalue weighted by Crippen LogP contribution is -1.99. The molecular formula is C8H8BrNO2. The zero-order chi connectivity index (χ0) is 9.30. The van der Waals surface area contributed by atoms with Crippen molar-refractivity contribution in [1.29, 1.82) is 0 Å². The van der Waals surface area contributed by atoms with Crippen LogP contribution < -0.4 is 5.73 Å². The molecule has 0 aromatic heterocycles. The van der Waals surface area contributed by atoms with Gasteiger partial charge in [-0.15, -0.1) is 0 Å². The zero-order valence-electron chi connectivity index (χ0n) is 6.47. The number of halogens is 1. The molecule has 3 nitrogen and oxygen atoms in total. The van der Waals surface area contributed by atoms with Crippen molar-refractivity contribution in [2.75, 3.05) is 5.73 Å². The van der Waals surface area contributed by atoms with Gasteiger partial charge < -0.3 is 10.8 Å². The van der Waals surface area contributed by atoms with E-state index >= 15 is 0 Å². The molecule has 0 bridgehead atoms. The minimum Gasteiger partial charge on any atom is -0.478 e. The summed E-state index contributed by atoms with van der Waals surface area (Å²) in [5.41, 5.74) is 7.04. The van der Waals surface area contributed by atoms with Crippen LogP contribution in [-0.4, -0.2) is 11.1 Å². The van der Waals surface area contributed by atoms with Crippen LogP contribution in [0.15, 0.2) is 16.6 Å². The van der Waals surface area contributed by atoms with Crippen molar-refractivity contribution in [3.63, 3.8) is 0 Å². The quantitative estimate of drug-likeness (QED) is 0.725. The molecule has 0 radical (unpaired) electrons. The number of hydrogen-bond donors (Lipinski definition) is 2. The van der Waals surface area contributed by atoms with Gasteiger partial charge in [-0.3, -0.25) is 0 Å². The number of carboxylic acids is 1. The maximum Gasteiger partial charge on any atom is 0.335 e. The lowest BCUT2D eigenvalue weighted by Gasteiger charge is -2.03. The number of nitrogens with two attached hydrogens (primary N) is 1. The topological polar surface area (TPSA) is 63.3 Å². The van der Waals surface area contributed by atoms with Crippen molar-refractivity contribution in [3.8, 4) is 0 Å². The van der Waals surface area contributed by atoms with Gasteiger partial charge in [0.1, 0.15) is 0 Å². The first-order valence-corrected chi connectivity index (χ1v) is 4.10. The molecule has 0 saturated heterocycles. The lowest BCUT2D eigenvalue weighted by molar-refractivity contribution is 0.0697. The fourth-order valence-electron chi connectivity index (χ4n) is 0.920. The summed E-state index contributed by atoms with van der Waals surface area (Å²) in [6, 6.07) is 3.00. The second kappa shape index (κ2) is 3.15. The first kappa shape index (κ1) is 9.06. The third kappa shape index (κ3) is 1.58. The molecule has 0 aliphatic rings. The number of aromatic carboxylic acids is 1. The summed E-state index contributed by atoms with van der Waals surface area (Å²) in [5.74, 6) is -0.961. The second-order valence-electron chi connectivity index (χ2n) is 2.50. The van der Waals surface area contributed by atoms with E-state index in [4.69, 9.17) is 10.8 Å². The molecule has 0 heterocycles.